The Morgan fingerprint density at radius 3 is 2.44 bits per heavy atom. The zero-order valence-electron chi connectivity index (χ0n) is 19.1. The predicted molar refractivity (Wildman–Crippen MR) is 124 cm³/mol. The van der Waals surface area contributed by atoms with Gasteiger partial charge in [0.1, 0.15) is 0 Å². The third kappa shape index (κ3) is 3.08. The highest BCUT2D eigenvalue weighted by Gasteiger charge is 2.52. The lowest BCUT2D eigenvalue weighted by molar-refractivity contribution is -0.126. The number of hydrogen-bond acceptors (Lipinski definition) is 3. The van der Waals surface area contributed by atoms with E-state index in [0.29, 0.717) is 17.6 Å². The second-order valence-electron chi connectivity index (χ2n) is 10.8. The van der Waals surface area contributed by atoms with Crippen molar-refractivity contribution < 1.29 is 14.0 Å². The second-order valence-corrected chi connectivity index (χ2v) is 10.8. The fourth-order valence-electron chi connectivity index (χ4n) is 7.77. The maximum absolute atomic E-state index is 14.7. The van der Waals surface area contributed by atoms with Crippen LogP contribution in [0.5, 0.6) is 0 Å². The van der Waals surface area contributed by atoms with Gasteiger partial charge in [0, 0.05) is 17.1 Å². The molecular weight excluding hydrogens is 398 g/mol. The molecule has 1 amide bonds. The monoisotopic (exact) mass is 433 g/mol. The molecule has 0 radical (unpaired) electrons. The number of allylic oxidation sites excluding steroid dienone is 3. The van der Waals surface area contributed by atoms with Crippen LogP contribution in [0.25, 0.3) is 0 Å². The van der Waals surface area contributed by atoms with Crippen LogP contribution in [0.15, 0.2) is 39.0 Å². The lowest BCUT2D eigenvalue weighted by atomic mass is 9.66. The topological polar surface area (TPSA) is 59.3 Å². The van der Waals surface area contributed by atoms with Gasteiger partial charge in [-0.1, -0.05) is 36.8 Å². The molecule has 4 saturated carbocycles. The minimum absolute atomic E-state index is 0.0713. The molecule has 6 rings (SSSR count). The van der Waals surface area contributed by atoms with Gasteiger partial charge in [0.2, 0.25) is 5.88 Å². The molecule has 32 heavy (non-hydrogen) atoms. The Kier molecular flexibility index (Phi) is 5.15. The third-order valence-electron chi connectivity index (χ3n) is 9.17. The van der Waals surface area contributed by atoms with Crippen LogP contribution in [0.2, 0.25) is 0 Å². The fraction of sp³-hybridized carbons (Fsp3) is 0.643. The molecule has 1 N–H and O–H groups in total. The number of hydrogen-bond donors (Lipinski definition) is 1. The van der Waals surface area contributed by atoms with Crippen LogP contribution in [0.1, 0.15) is 108 Å². The number of amides is 1. The van der Waals surface area contributed by atoms with Crippen molar-refractivity contribution in [3.63, 3.8) is 0 Å². The molecule has 2 heterocycles. The third-order valence-corrected chi connectivity index (χ3v) is 9.17. The molecule has 1 unspecified atom stereocenters. The number of Topliss-reactive ketones (excluding diaryl/α,β-unsaturated/α-hetero) is 1. The number of fused-ring (bicyclic) bond motifs is 3. The average Bonchev–Trinajstić information content (AvgIpc) is 3.58. The molecule has 0 saturated heterocycles. The molecule has 0 aromatic carbocycles. The Bertz CT molecular complexity index is 990. The van der Waals surface area contributed by atoms with Gasteiger partial charge in [-0.05, 0) is 88.2 Å². The van der Waals surface area contributed by atoms with Crippen LogP contribution in [-0.2, 0) is 9.59 Å². The molecule has 1 atom stereocenters. The number of anilines is 1. The highest BCUT2D eigenvalue weighted by Crippen LogP contribution is 2.56. The first-order valence-electron chi connectivity index (χ1n) is 13.1. The predicted octanol–water partition coefficient (Wildman–Crippen LogP) is 6.99. The lowest BCUT2D eigenvalue weighted by Crippen LogP contribution is -2.39. The summed E-state index contributed by atoms with van der Waals surface area (Å²) in [6, 6.07) is 2.02. The standard InChI is InChI=1S/C28H35NO3/c30-25(23(18-8-1-2-9-18)19-10-3-4-11-19)28(15-5-6-16-28)24-21-13-7-12-20(21)22-14-17-32-27(22)29-26(24)31/h14,17-18,20H,1-13,15-16H2,(H,29,31). The van der Waals surface area contributed by atoms with E-state index in [0.717, 1.165) is 81.8 Å². The summed E-state index contributed by atoms with van der Waals surface area (Å²) < 4.78 is 5.68. The Balaban J connectivity index is 1.50. The number of ketones is 1. The smallest absolute Gasteiger partial charge is 0.254 e. The van der Waals surface area contributed by atoms with Gasteiger partial charge < -0.3 is 4.42 Å². The van der Waals surface area contributed by atoms with E-state index < -0.39 is 5.41 Å². The number of carbonyl (C=O) groups excluding carboxylic acids is 2. The molecule has 4 fully saturated rings. The Hall–Kier alpha value is -2.10. The highest BCUT2D eigenvalue weighted by atomic mass is 16.3. The van der Waals surface area contributed by atoms with Crippen LogP contribution in [0, 0.1) is 11.3 Å². The van der Waals surface area contributed by atoms with Crippen LogP contribution in [0.4, 0.5) is 5.88 Å². The number of carbonyl (C=O) groups is 2. The summed E-state index contributed by atoms with van der Waals surface area (Å²) in [6.07, 6.45) is 17.8. The largest absolute Gasteiger partial charge is 0.448 e. The van der Waals surface area contributed by atoms with Gasteiger partial charge >= 0.3 is 0 Å². The molecule has 170 valence electrons. The molecule has 1 aromatic heterocycles. The van der Waals surface area contributed by atoms with Gasteiger partial charge in [0.15, 0.2) is 5.78 Å². The van der Waals surface area contributed by atoms with Crippen molar-refractivity contribution in [2.24, 2.45) is 11.3 Å². The van der Waals surface area contributed by atoms with Gasteiger partial charge in [-0.2, -0.15) is 0 Å². The second kappa shape index (κ2) is 8.04. The molecular formula is C28H35NO3. The molecule has 0 spiro atoms. The molecule has 4 aliphatic carbocycles. The summed E-state index contributed by atoms with van der Waals surface area (Å²) in [5.74, 6) is 1.50. The Labute approximate surface area is 190 Å². The summed E-state index contributed by atoms with van der Waals surface area (Å²) in [5, 5.41) is 3.08. The molecule has 4 nitrogen and oxygen atoms in total. The van der Waals surface area contributed by atoms with Crippen LogP contribution < -0.4 is 5.32 Å². The number of rotatable bonds is 4. The Morgan fingerprint density at radius 2 is 1.69 bits per heavy atom. The molecule has 5 aliphatic rings. The van der Waals surface area contributed by atoms with Crippen molar-refractivity contribution in [2.45, 2.75) is 102 Å². The van der Waals surface area contributed by atoms with Gasteiger partial charge in [-0.25, -0.2) is 0 Å². The van der Waals surface area contributed by atoms with E-state index in [-0.39, 0.29) is 11.8 Å². The summed E-state index contributed by atoms with van der Waals surface area (Å²) in [7, 11) is 0. The van der Waals surface area contributed by atoms with E-state index in [1.165, 1.54) is 42.4 Å². The van der Waals surface area contributed by atoms with Crippen LogP contribution >= 0.6 is 0 Å². The molecule has 1 aromatic rings. The zero-order valence-corrected chi connectivity index (χ0v) is 19.1. The van der Waals surface area contributed by atoms with Gasteiger partial charge in [-0.3, -0.25) is 14.9 Å². The maximum Gasteiger partial charge on any atom is 0.254 e. The van der Waals surface area contributed by atoms with Crippen molar-refractivity contribution in [3.05, 3.63) is 40.2 Å². The number of furan rings is 1. The summed E-state index contributed by atoms with van der Waals surface area (Å²) in [6.45, 7) is 0. The van der Waals surface area contributed by atoms with Crippen LogP contribution in [-0.4, -0.2) is 11.7 Å². The van der Waals surface area contributed by atoms with E-state index in [2.05, 4.69) is 5.32 Å². The fourth-order valence-corrected chi connectivity index (χ4v) is 7.77. The minimum atomic E-state index is -0.626. The van der Waals surface area contributed by atoms with E-state index in [4.69, 9.17) is 4.42 Å². The van der Waals surface area contributed by atoms with Crippen molar-refractivity contribution in [1.29, 1.82) is 0 Å². The molecule has 0 bridgehead atoms. The Morgan fingerprint density at radius 1 is 0.938 bits per heavy atom. The minimum Gasteiger partial charge on any atom is -0.448 e. The zero-order chi connectivity index (χ0) is 21.7. The van der Waals surface area contributed by atoms with E-state index in [1.807, 2.05) is 6.07 Å². The van der Waals surface area contributed by atoms with Crippen molar-refractivity contribution in [3.8, 4) is 0 Å². The normalized spacial score (nSPS) is 27.4. The van der Waals surface area contributed by atoms with Crippen molar-refractivity contribution >= 4 is 17.6 Å². The quantitative estimate of drug-likeness (QED) is 0.521. The summed E-state index contributed by atoms with van der Waals surface area (Å²) in [5.41, 5.74) is 5.15. The summed E-state index contributed by atoms with van der Waals surface area (Å²) in [4.78, 5) is 28.5. The maximum atomic E-state index is 14.7. The number of nitrogens with one attached hydrogen (secondary N) is 1. The lowest BCUT2D eigenvalue weighted by Gasteiger charge is -2.34. The van der Waals surface area contributed by atoms with E-state index >= 15 is 0 Å². The van der Waals surface area contributed by atoms with Gasteiger partial charge in [-0.15, -0.1) is 0 Å². The first-order chi connectivity index (χ1) is 15.7. The first-order valence-corrected chi connectivity index (χ1v) is 13.1. The van der Waals surface area contributed by atoms with Gasteiger partial charge in [0.25, 0.3) is 5.91 Å². The average molecular weight is 434 g/mol. The molecule has 4 heteroatoms. The summed E-state index contributed by atoms with van der Waals surface area (Å²) >= 11 is 0. The van der Waals surface area contributed by atoms with Crippen LogP contribution in [0.3, 0.4) is 0 Å². The molecule has 1 aliphatic heterocycles. The first kappa shape index (κ1) is 20.5. The SMILES string of the molecule is O=C1Nc2occc2C2CCCC2=C1C1(C(=O)C(=C2CCCC2)C2CCCC2)CCCC1. The highest BCUT2D eigenvalue weighted by molar-refractivity contribution is 6.14. The van der Waals surface area contributed by atoms with Crippen molar-refractivity contribution in [1.82, 2.24) is 0 Å². The van der Waals surface area contributed by atoms with Crippen molar-refractivity contribution in [2.75, 3.05) is 5.32 Å². The van der Waals surface area contributed by atoms with E-state index in [1.54, 1.807) is 6.26 Å². The van der Waals surface area contributed by atoms with E-state index in [9.17, 15) is 9.59 Å². The van der Waals surface area contributed by atoms with Gasteiger partial charge in [0.05, 0.1) is 11.7 Å².